The van der Waals surface area contributed by atoms with E-state index in [9.17, 15) is 5.11 Å². The molecule has 0 aliphatic carbocycles. The average Bonchev–Trinajstić information content (AvgIpc) is 2.15. The highest BCUT2D eigenvalue weighted by molar-refractivity contribution is 14.1. The van der Waals surface area contributed by atoms with Gasteiger partial charge in [-0.3, -0.25) is 0 Å². The molecular formula is C9H8INO2. The summed E-state index contributed by atoms with van der Waals surface area (Å²) in [5.74, 6) is 0. The number of hydrogen-bond acceptors (Lipinski definition) is 3. The number of benzene rings is 1. The second-order valence-electron chi connectivity index (χ2n) is 2.57. The van der Waals surface area contributed by atoms with Gasteiger partial charge in [-0.2, -0.15) is 5.26 Å². The van der Waals surface area contributed by atoms with E-state index in [-0.39, 0.29) is 0 Å². The number of aliphatic hydroxyl groups is 2. The van der Waals surface area contributed by atoms with Gasteiger partial charge in [0.15, 0.2) is 6.10 Å². The highest BCUT2D eigenvalue weighted by Crippen LogP contribution is 2.18. The van der Waals surface area contributed by atoms with Gasteiger partial charge in [0.05, 0.1) is 6.07 Å². The molecule has 2 N–H and O–H groups in total. The Hall–Kier alpha value is -0.640. The van der Waals surface area contributed by atoms with Gasteiger partial charge >= 0.3 is 0 Å². The molecule has 0 saturated carbocycles. The zero-order valence-electron chi connectivity index (χ0n) is 6.68. The first-order valence-corrected chi connectivity index (χ1v) is 4.74. The number of hydrogen-bond donors (Lipinski definition) is 2. The van der Waals surface area contributed by atoms with Crippen LogP contribution in [-0.4, -0.2) is 16.3 Å². The van der Waals surface area contributed by atoms with Gasteiger partial charge in [-0.15, -0.1) is 0 Å². The fraction of sp³-hybridized carbons (Fsp3) is 0.222. The first-order valence-electron chi connectivity index (χ1n) is 3.66. The Morgan fingerprint density at radius 2 is 2.08 bits per heavy atom. The normalized spacial score (nSPS) is 14.6. The predicted molar refractivity (Wildman–Crippen MR) is 55.7 cm³/mol. The Kier molecular flexibility index (Phi) is 3.66. The lowest BCUT2D eigenvalue weighted by molar-refractivity contribution is 0.0527. The lowest BCUT2D eigenvalue weighted by Gasteiger charge is -2.11. The maximum absolute atomic E-state index is 9.44. The molecule has 68 valence electrons. The van der Waals surface area contributed by atoms with Gasteiger partial charge in [0.1, 0.15) is 6.10 Å². The molecule has 0 saturated heterocycles. The lowest BCUT2D eigenvalue weighted by atomic mass is 10.1. The second-order valence-corrected chi connectivity index (χ2v) is 3.82. The van der Waals surface area contributed by atoms with Crippen molar-refractivity contribution in [1.82, 2.24) is 0 Å². The van der Waals surface area contributed by atoms with Gasteiger partial charge < -0.3 is 10.2 Å². The van der Waals surface area contributed by atoms with Crippen LogP contribution in [0.15, 0.2) is 24.3 Å². The summed E-state index contributed by atoms with van der Waals surface area (Å²) in [6.07, 6.45) is -2.49. The summed E-state index contributed by atoms with van der Waals surface area (Å²) < 4.78 is 0.958. The van der Waals surface area contributed by atoms with Gasteiger partial charge in [-0.25, -0.2) is 0 Å². The van der Waals surface area contributed by atoms with Crippen LogP contribution in [0.5, 0.6) is 0 Å². The van der Waals surface area contributed by atoms with Gasteiger partial charge in [0.2, 0.25) is 0 Å². The smallest absolute Gasteiger partial charge is 0.170 e. The van der Waals surface area contributed by atoms with Gasteiger partial charge in [0, 0.05) is 3.57 Å². The maximum atomic E-state index is 9.44. The third-order valence-corrected chi connectivity index (χ3v) is 2.29. The minimum atomic E-state index is -1.36. The van der Waals surface area contributed by atoms with E-state index in [0.717, 1.165) is 3.57 Å². The zero-order chi connectivity index (χ0) is 9.84. The van der Waals surface area contributed by atoms with Crippen molar-refractivity contribution in [2.45, 2.75) is 12.2 Å². The van der Waals surface area contributed by atoms with Crippen LogP contribution in [-0.2, 0) is 0 Å². The van der Waals surface area contributed by atoms with Crippen molar-refractivity contribution in [3.05, 3.63) is 33.4 Å². The topological polar surface area (TPSA) is 64.2 Å². The monoisotopic (exact) mass is 289 g/mol. The van der Waals surface area contributed by atoms with Crippen LogP contribution in [0.3, 0.4) is 0 Å². The Labute approximate surface area is 89.8 Å². The van der Waals surface area contributed by atoms with Crippen LogP contribution >= 0.6 is 22.6 Å². The third kappa shape index (κ3) is 2.66. The van der Waals surface area contributed by atoms with Crippen LogP contribution in [0.2, 0.25) is 0 Å². The van der Waals surface area contributed by atoms with Crippen molar-refractivity contribution >= 4 is 22.6 Å². The third-order valence-electron chi connectivity index (χ3n) is 1.62. The predicted octanol–water partition coefficient (Wildman–Crippen LogP) is 1.21. The summed E-state index contributed by atoms with van der Waals surface area (Å²) in [4.78, 5) is 0. The van der Waals surface area contributed by atoms with Crippen molar-refractivity contribution in [1.29, 1.82) is 5.26 Å². The molecule has 0 bridgehead atoms. The van der Waals surface area contributed by atoms with E-state index in [1.807, 2.05) is 6.07 Å². The molecule has 3 nitrogen and oxygen atoms in total. The molecule has 0 aliphatic heterocycles. The largest absolute Gasteiger partial charge is 0.385 e. The number of nitrogens with zero attached hydrogens (tertiary/aromatic N) is 1. The fourth-order valence-electron chi connectivity index (χ4n) is 0.943. The minimum absolute atomic E-state index is 0.556. The SMILES string of the molecule is N#CC(O)C(O)c1cccc(I)c1. The summed E-state index contributed by atoms with van der Waals surface area (Å²) in [7, 11) is 0. The Bertz CT molecular complexity index is 335. The van der Waals surface area contributed by atoms with E-state index < -0.39 is 12.2 Å². The maximum Gasteiger partial charge on any atom is 0.170 e. The van der Waals surface area contributed by atoms with Gasteiger partial charge in [-0.05, 0) is 40.3 Å². The number of rotatable bonds is 2. The van der Waals surface area contributed by atoms with E-state index in [1.54, 1.807) is 24.3 Å². The van der Waals surface area contributed by atoms with Gasteiger partial charge in [0.25, 0.3) is 0 Å². The van der Waals surface area contributed by atoms with Crippen molar-refractivity contribution in [2.24, 2.45) is 0 Å². The van der Waals surface area contributed by atoms with E-state index in [0.29, 0.717) is 5.56 Å². The van der Waals surface area contributed by atoms with Crippen molar-refractivity contribution in [3.63, 3.8) is 0 Å². The van der Waals surface area contributed by atoms with Crippen molar-refractivity contribution in [3.8, 4) is 6.07 Å². The van der Waals surface area contributed by atoms with Gasteiger partial charge in [-0.1, -0.05) is 12.1 Å². The molecule has 0 spiro atoms. The average molecular weight is 289 g/mol. The summed E-state index contributed by atoms with van der Waals surface area (Å²) in [6, 6.07) is 8.63. The molecule has 0 fully saturated rings. The standard InChI is InChI=1S/C9H8INO2/c10-7-3-1-2-6(4-7)9(13)8(12)5-11/h1-4,8-9,12-13H. The quantitative estimate of drug-likeness (QED) is 0.635. The van der Waals surface area contributed by atoms with E-state index >= 15 is 0 Å². The molecule has 13 heavy (non-hydrogen) atoms. The number of nitriles is 1. The van der Waals surface area contributed by atoms with Crippen LogP contribution in [0, 0.1) is 14.9 Å². The Balaban J connectivity index is 2.90. The highest BCUT2D eigenvalue weighted by Gasteiger charge is 2.17. The zero-order valence-corrected chi connectivity index (χ0v) is 8.84. The number of aliphatic hydroxyl groups excluding tert-OH is 2. The van der Waals surface area contributed by atoms with Crippen molar-refractivity contribution in [2.75, 3.05) is 0 Å². The lowest BCUT2D eigenvalue weighted by Crippen LogP contribution is -2.15. The van der Waals surface area contributed by atoms with Crippen LogP contribution in [0.4, 0.5) is 0 Å². The molecule has 2 atom stereocenters. The summed E-state index contributed by atoms with van der Waals surface area (Å²) in [5, 5.41) is 26.9. The molecule has 1 aromatic rings. The molecule has 2 unspecified atom stereocenters. The summed E-state index contributed by atoms with van der Waals surface area (Å²) >= 11 is 2.10. The molecule has 0 aliphatic rings. The van der Waals surface area contributed by atoms with Crippen LogP contribution in [0.25, 0.3) is 0 Å². The highest BCUT2D eigenvalue weighted by atomic mass is 127. The Morgan fingerprint density at radius 1 is 1.38 bits per heavy atom. The fourth-order valence-corrected chi connectivity index (χ4v) is 1.51. The number of halogens is 1. The first kappa shape index (κ1) is 10.4. The Morgan fingerprint density at radius 3 is 2.62 bits per heavy atom. The second kappa shape index (κ2) is 4.56. The first-order chi connectivity index (χ1) is 6.15. The van der Waals surface area contributed by atoms with Crippen LogP contribution < -0.4 is 0 Å². The van der Waals surface area contributed by atoms with E-state index in [4.69, 9.17) is 10.4 Å². The summed E-state index contributed by atoms with van der Waals surface area (Å²) in [6.45, 7) is 0. The van der Waals surface area contributed by atoms with E-state index in [2.05, 4.69) is 22.6 Å². The molecule has 0 amide bonds. The minimum Gasteiger partial charge on any atom is -0.385 e. The van der Waals surface area contributed by atoms with Crippen molar-refractivity contribution < 1.29 is 10.2 Å². The van der Waals surface area contributed by atoms with E-state index in [1.165, 1.54) is 0 Å². The molecular weight excluding hydrogens is 281 g/mol. The molecule has 0 aromatic heterocycles. The molecule has 4 heteroatoms. The molecule has 0 radical (unpaired) electrons. The molecule has 1 aromatic carbocycles. The summed E-state index contributed by atoms with van der Waals surface area (Å²) in [5.41, 5.74) is 0.556. The molecule has 0 heterocycles. The molecule has 1 rings (SSSR count). The van der Waals surface area contributed by atoms with Crippen LogP contribution in [0.1, 0.15) is 11.7 Å².